The lowest BCUT2D eigenvalue weighted by Gasteiger charge is -2.73. The molecule has 3 saturated heterocycles. The van der Waals surface area contributed by atoms with Crippen LogP contribution in [-0.2, 0) is 33.2 Å². The van der Waals surface area contributed by atoms with Crippen molar-refractivity contribution < 1.29 is 89.4 Å². The minimum atomic E-state index is -1.81. The van der Waals surface area contributed by atoms with Crippen molar-refractivity contribution in [3.63, 3.8) is 0 Å². The second-order valence-electron chi connectivity index (χ2n) is 22.4. The van der Waals surface area contributed by atoms with E-state index in [1.54, 1.807) is 0 Å². The zero-order chi connectivity index (χ0) is 47.3. The van der Waals surface area contributed by atoms with Crippen LogP contribution >= 0.6 is 0 Å². The molecule has 0 unspecified atom stereocenters. The van der Waals surface area contributed by atoms with Crippen LogP contribution in [0.1, 0.15) is 98.8 Å². The number of ether oxygens (including phenoxy) is 6. The number of esters is 1. The van der Waals surface area contributed by atoms with Crippen molar-refractivity contribution in [1.29, 1.82) is 0 Å². The first-order valence-electron chi connectivity index (χ1n) is 23.9. The summed E-state index contributed by atoms with van der Waals surface area (Å²) in [6.45, 7) is 14.2. The van der Waals surface area contributed by atoms with Gasteiger partial charge in [0, 0.05) is 5.41 Å². The van der Waals surface area contributed by atoms with E-state index >= 15 is 0 Å². The lowest BCUT2D eigenvalue weighted by atomic mass is 9.32. The summed E-state index contributed by atoms with van der Waals surface area (Å²) >= 11 is 0. The largest absolute Gasteiger partial charge is 0.432 e. The molecule has 3 aliphatic heterocycles. The van der Waals surface area contributed by atoms with Gasteiger partial charge in [0.1, 0.15) is 67.1 Å². The highest BCUT2D eigenvalue weighted by atomic mass is 16.7. The molecule has 0 bridgehead atoms. The smallest absolute Gasteiger partial charge is 0.314 e. The average molecular weight is 929 g/mol. The Bertz CT molecular complexity index is 1740. The number of allylic oxidation sites excluding steroid dienone is 1. The van der Waals surface area contributed by atoms with E-state index in [0.717, 1.165) is 50.5 Å². The molecule has 5 aliphatic carbocycles. The summed E-state index contributed by atoms with van der Waals surface area (Å²) in [5, 5.41) is 116. The molecule has 25 atom stereocenters. The van der Waals surface area contributed by atoms with Gasteiger partial charge in [-0.3, -0.25) is 4.79 Å². The molecule has 0 amide bonds. The molecule has 8 rings (SSSR count). The first kappa shape index (κ1) is 50.0. The van der Waals surface area contributed by atoms with Gasteiger partial charge in [-0.05, 0) is 117 Å². The normalized spacial score (nSPS) is 55.6. The highest BCUT2D eigenvalue weighted by Gasteiger charge is 2.73. The average Bonchev–Trinajstić information content (AvgIpc) is 3.68. The van der Waals surface area contributed by atoms with Gasteiger partial charge >= 0.3 is 5.97 Å². The standard InChI is InChI=1S/C47H76O18/c1-21(2)22-9-14-47(42(59)65-41-38(58)35(55)33(53)26(63-41)19-61-39-37(57)34(54)32(52)25(17-48)62-39)16-15-45(5)23(30(22)47)7-8-28-43(3)12-11-29(64-40-36(56)31(51)24(50)18-60-40)44(4,20-49)27(43)10-13-46(28,45)6/h22-41,48-58H,1,7-20H2,2-6H3/t22-,23+,24-,25+,26+,27+,28+,29-,30+,31-,32+,33+,34-,35-,36+,37+,38+,39+,40-,41-,43-,44-,45+,46+,47-/m0/s1. The number of aliphatic hydroxyl groups is 11. The molecule has 372 valence electrons. The molecule has 3 heterocycles. The number of carbonyl (C=O) groups is 1. The van der Waals surface area contributed by atoms with E-state index in [1.165, 1.54) is 0 Å². The Morgan fingerprint density at radius 2 is 1.31 bits per heavy atom. The molecule has 8 aliphatic rings. The third-order valence-corrected chi connectivity index (χ3v) is 19.5. The van der Waals surface area contributed by atoms with E-state index in [9.17, 15) is 61.0 Å². The summed E-state index contributed by atoms with van der Waals surface area (Å²) in [6.07, 6.45) is -14.5. The molecule has 18 nitrogen and oxygen atoms in total. The Morgan fingerprint density at radius 1 is 0.662 bits per heavy atom. The van der Waals surface area contributed by atoms with Crippen molar-refractivity contribution >= 4 is 5.97 Å². The number of fused-ring (bicyclic) bond motifs is 7. The van der Waals surface area contributed by atoms with E-state index in [0.29, 0.717) is 19.3 Å². The van der Waals surface area contributed by atoms with Crippen LogP contribution in [0.15, 0.2) is 12.2 Å². The van der Waals surface area contributed by atoms with Gasteiger partial charge in [0.25, 0.3) is 0 Å². The van der Waals surface area contributed by atoms with Gasteiger partial charge in [-0.2, -0.15) is 0 Å². The van der Waals surface area contributed by atoms with E-state index in [2.05, 4.69) is 34.3 Å². The molecule has 65 heavy (non-hydrogen) atoms. The summed E-state index contributed by atoms with van der Waals surface area (Å²) < 4.78 is 35.2. The zero-order valence-electron chi connectivity index (χ0n) is 38.4. The van der Waals surface area contributed by atoms with Crippen LogP contribution < -0.4 is 0 Å². The monoisotopic (exact) mass is 929 g/mol. The molecule has 0 aromatic carbocycles. The van der Waals surface area contributed by atoms with E-state index in [-0.39, 0.29) is 59.0 Å². The second-order valence-corrected chi connectivity index (χ2v) is 22.4. The quantitative estimate of drug-likeness (QED) is 0.0756. The van der Waals surface area contributed by atoms with Crippen molar-refractivity contribution in [3.05, 3.63) is 12.2 Å². The lowest BCUT2D eigenvalue weighted by Crippen LogP contribution is -2.68. The highest BCUT2D eigenvalue weighted by molar-refractivity contribution is 5.78. The Labute approximate surface area is 380 Å². The van der Waals surface area contributed by atoms with Crippen molar-refractivity contribution in [2.75, 3.05) is 26.4 Å². The van der Waals surface area contributed by atoms with Crippen LogP contribution in [0.4, 0.5) is 0 Å². The van der Waals surface area contributed by atoms with Crippen LogP contribution in [0.3, 0.4) is 0 Å². The third-order valence-electron chi connectivity index (χ3n) is 19.5. The van der Waals surface area contributed by atoms with Gasteiger partial charge in [0.15, 0.2) is 12.6 Å². The van der Waals surface area contributed by atoms with Crippen LogP contribution in [0.25, 0.3) is 0 Å². The predicted octanol–water partition coefficient (Wildman–Crippen LogP) is -0.392. The third kappa shape index (κ3) is 7.71. The number of hydrogen-bond donors (Lipinski definition) is 11. The molecule has 0 aromatic rings. The van der Waals surface area contributed by atoms with Crippen molar-refractivity contribution in [2.45, 2.75) is 191 Å². The Hall–Kier alpha value is -1.43. The maximum atomic E-state index is 14.9. The molecule has 11 N–H and O–H groups in total. The summed E-state index contributed by atoms with van der Waals surface area (Å²) in [6, 6.07) is 0. The summed E-state index contributed by atoms with van der Waals surface area (Å²) in [5.74, 6) is -0.217. The van der Waals surface area contributed by atoms with Gasteiger partial charge < -0.3 is 84.6 Å². The maximum absolute atomic E-state index is 14.9. The van der Waals surface area contributed by atoms with Gasteiger partial charge in [0.05, 0.1) is 37.9 Å². The topological polar surface area (TPSA) is 295 Å². The Kier molecular flexibility index (Phi) is 13.9. The molecule has 0 radical (unpaired) electrons. The number of hydrogen-bond acceptors (Lipinski definition) is 18. The van der Waals surface area contributed by atoms with Crippen LogP contribution in [0.5, 0.6) is 0 Å². The van der Waals surface area contributed by atoms with E-state index < -0.39 is 122 Å². The van der Waals surface area contributed by atoms with E-state index in [4.69, 9.17) is 28.4 Å². The van der Waals surface area contributed by atoms with Crippen LogP contribution in [0.2, 0.25) is 0 Å². The summed E-state index contributed by atoms with van der Waals surface area (Å²) in [4.78, 5) is 14.9. The molecular weight excluding hydrogens is 852 g/mol. The highest BCUT2D eigenvalue weighted by Crippen LogP contribution is 2.78. The number of aliphatic hydroxyl groups excluding tert-OH is 11. The Morgan fingerprint density at radius 3 is 1.97 bits per heavy atom. The molecule has 5 saturated carbocycles. The van der Waals surface area contributed by atoms with Crippen molar-refractivity contribution in [2.24, 2.45) is 56.7 Å². The number of carbonyl (C=O) groups excluding carboxylic acids is 1. The molecule has 0 spiro atoms. The summed E-state index contributed by atoms with van der Waals surface area (Å²) in [7, 11) is 0. The molecule has 18 heteroatoms. The zero-order valence-corrected chi connectivity index (χ0v) is 38.4. The van der Waals surface area contributed by atoms with Gasteiger partial charge in [-0.1, -0.05) is 39.8 Å². The van der Waals surface area contributed by atoms with E-state index in [1.807, 2.05) is 6.92 Å². The van der Waals surface area contributed by atoms with Crippen LogP contribution in [0, 0.1) is 56.7 Å². The lowest BCUT2D eigenvalue weighted by molar-refractivity contribution is -0.329. The van der Waals surface area contributed by atoms with Crippen molar-refractivity contribution in [1.82, 2.24) is 0 Å². The SMILES string of the molecule is C=C(C)[C@@H]1CC[C@]2(C(=O)O[C@@H]3O[C@H](CO[C@@H]4O[C@H](CO)[C@@H](O)[C@H](O)[C@H]4O)[C@@H](O)[C@H](O)[C@H]3O)CC[C@]3(C)[C@H](CC[C@@H]4[C@@]5(C)CC[C@H](O[C@@H]6OC[C@H](O)[C@H](O)[C@H]6O)[C@@](C)(CO)[C@@H]5CC[C@]43C)[C@@H]12. The maximum Gasteiger partial charge on any atom is 0.314 e. The minimum absolute atomic E-state index is 0.0193. The molecule has 0 aromatic heterocycles. The second kappa shape index (κ2) is 18.1. The van der Waals surface area contributed by atoms with Gasteiger partial charge in [0.2, 0.25) is 6.29 Å². The van der Waals surface area contributed by atoms with Crippen molar-refractivity contribution in [3.8, 4) is 0 Å². The first-order chi connectivity index (χ1) is 30.5. The number of rotatable bonds is 10. The predicted molar refractivity (Wildman–Crippen MR) is 226 cm³/mol. The molecular formula is C47H76O18. The fraction of sp³-hybridized carbons (Fsp3) is 0.936. The van der Waals surface area contributed by atoms with Crippen LogP contribution in [-0.4, -0.2) is 181 Å². The van der Waals surface area contributed by atoms with Gasteiger partial charge in [-0.25, -0.2) is 0 Å². The molecule has 8 fully saturated rings. The van der Waals surface area contributed by atoms with Gasteiger partial charge in [-0.15, -0.1) is 0 Å². The minimum Gasteiger partial charge on any atom is -0.432 e. The fourth-order valence-electron chi connectivity index (χ4n) is 15.6. The Balaban J connectivity index is 1.00. The fourth-order valence-corrected chi connectivity index (χ4v) is 15.6. The summed E-state index contributed by atoms with van der Waals surface area (Å²) in [5.41, 5.74) is -1.18. The first-order valence-corrected chi connectivity index (χ1v) is 23.9.